The molecule has 1 aliphatic heterocycles. The molecular weight excluding hydrogens is 270 g/mol. The fraction of sp³-hybridized carbons (Fsp3) is 0.312. The highest BCUT2D eigenvalue weighted by Crippen LogP contribution is 2.40. The Bertz CT molecular complexity index is 647. The van der Waals surface area contributed by atoms with Gasteiger partial charge in [-0.3, -0.25) is 14.5 Å². The van der Waals surface area contributed by atoms with E-state index < -0.39 is 5.97 Å². The second-order valence-corrected chi connectivity index (χ2v) is 5.52. The van der Waals surface area contributed by atoms with Crippen LogP contribution in [0.4, 0.5) is 5.69 Å². The normalized spacial score (nSPS) is 27.9. The molecule has 0 unspecified atom stereocenters. The smallest absolute Gasteiger partial charge is 0.335 e. The summed E-state index contributed by atoms with van der Waals surface area (Å²) >= 11 is 0. The van der Waals surface area contributed by atoms with Crippen molar-refractivity contribution < 1.29 is 19.5 Å². The van der Waals surface area contributed by atoms with Gasteiger partial charge in [0.1, 0.15) is 0 Å². The van der Waals surface area contributed by atoms with E-state index in [4.69, 9.17) is 5.11 Å². The molecule has 1 fully saturated rings. The monoisotopic (exact) mass is 285 g/mol. The fourth-order valence-electron chi connectivity index (χ4n) is 3.16. The Kier molecular flexibility index (Phi) is 3.12. The molecule has 2 aliphatic rings. The van der Waals surface area contributed by atoms with Crippen LogP contribution in [0, 0.1) is 17.8 Å². The number of rotatable bonds is 2. The van der Waals surface area contributed by atoms with Crippen LogP contribution in [0.3, 0.4) is 0 Å². The van der Waals surface area contributed by atoms with E-state index in [1.807, 2.05) is 19.1 Å². The summed E-state index contributed by atoms with van der Waals surface area (Å²) in [7, 11) is 0. The molecule has 1 heterocycles. The van der Waals surface area contributed by atoms with Gasteiger partial charge in [0.15, 0.2) is 0 Å². The predicted octanol–water partition coefficient (Wildman–Crippen LogP) is 2.09. The molecule has 21 heavy (non-hydrogen) atoms. The zero-order valence-corrected chi connectivity index (χ0v) is 11.5. The first-order valence-electron chi connectivity index (χ1n) is 6.88. The molecule has 108 valence electrons. The molecule has 1 aromatic rings. The quantitative estimate of drug-likeness (QED) is 0.667. The van der Waals surface area contributed by atoms with E-state index in [2.05, 4.69) is 0 Å². The van der Waals surface area contributed by atoms with Gasteiger partial charge in [-0.05, 0) is 36.6 Å². The number of fused-ring (bicyclic) bond motifs is 1. The SMILES string of the molecule is C[C@H]1C=CC[C@H]2C(=O)N(c3ccc(C(=O)O)cc3)C(=O)[C@H]12. The van der Waals surface area contributed by atoms with Crippen molar-refractivity contribution in [2.45, 2.75) is 13.3 Å². The lowest BCUT2D eigenvalue weighted by Crippen LogP contribution is -2.31. The number of amides is 2. The summed E-state index contributed by atoms with van der Waals surface area (Å²) in [5, 5.41) is 8.89. The Labute approximate surface area is 121 Å². The molecule has 3 rings (SSSR count). The Morgan fingerprint density at radius 3 is 2.43 bits per heavy atom. The summed E-state index contributed by atoms with van der Waals surface area (Å²) in [6.07, 6.45) is 4.51. The molecule has 0 saturated carbocycles. The summed E-state index contributed by atoms with van der Waals surface area (Å²) in [5.41, 5.74) is 0.571. The number of anilines is 1. The third-order valence-corrected chi connectivity index (χ3v) is 4.25. The van der Waals surface area contributed by atoms with E-state index >= 15 is 0 Å². The number of carbonyl (C=O) groups excluding carboxylic acids is 2. The topological polar surface area (TPSA) is 74.7 Å². The summed E-state index contributed by atoms with van der Waals surface area (Å²) in [5.74, 6) is -1.97. The van der Waals surface area contributed by atoms with Crippen LogP contribution in [0.5, 0.6) is 0 Å². The fourth-order valence-corrected chi connectivity index (χ4v) is 3.16. The summed E-state index contributed by atoms with van der Waals surface area (Å²) < 4.78 is 0. The minimum Gasteiger partial charge on any atom is -0.478 e. The van der Waals surface area contributed by atoms with Crippen molar-refractivity contribution in [3.8, 4) is 0 Å². The minimum absolute atomic E-state index is 0.0449. The molecule has 0 spiro atoms. The average molecular weight is 285 g/mol. The van der Waals surface area contributed by atoms with Crippen molar-refractivity contribution in [1.29, 1.82) is 0 Å². The van der Waals surface area contributed by atoms with Crippen LogP contribution in [-0.2, 0) is 9.59 Å². The highest BCUT2D eigenvalue weighted by atomic mass is 16.4. The maximum atomic E-state index is 12.5. The number of imide groups is 1. The molecule has 1 N–H and O–H groups in total. The Balaban J connectivity index is 1.94. The van der Waals surface area contributed by atoms with E-state index in [9.17, 15) is 14.4 Å². The van der Waals surface area contributed by atoms with Gasteiger partial charge in [0.25, 0.3) is 0 Å². The average Bonchev–Trinajstić information content (AvgIpc) is 2.72. The number of allylic oxidation sites excluding steroid dienone is 2. The van der Waals surface area contributed by atoms with Crippen LogP contribution in [0.15, 0.2) is 36.4 Å². The highest BCUT2D eigenvalue weighted by Gasteiger charge is 2.50. The van der Waals surface area contributed by atoms with E-state index in [1.165, 1.54) is 29.2 Å². The molecule has 0 radical (unpaired) electrons. The Morgan fingerprint density at radius 1 is 1.19 bits per heavy atom. The van der Waals surface area contributed by atoms with Gasteiger partial charge in [-0.25, -0.2) is 4.79 Å². The van der Waals surface area contributed by atoms with Crippen molar-refractivity contribution in [2.75, 3.05) is 4.90 Å². The molecule has 0 bridgehead atoms. The molecular formula is C16H15NO4. The van der Waals surface area contributed by atoms with E-state index in [0.29, 0.717) is 12.1 Å². The number of nitrogens with zero attached hydrogens (tertiary/aromatic N) is 1. The summed E-state index contributed by atoms with van der Waals surface area (Å²) in [6, 6.07) is 5.83. The third-order valence-electron chi connectivity index (χ3n) is 4.25. The highest BCUT2D eigenvalue weighted by molar-refractivity contribution is 6.22. The summed E-state index contributed by atoms with van der Waals surface area (Å²) in [4.78, 5) is 37.1. The van der Waals surface area contributed by atoms with Crippen molar-refractivity contribution in [3.63, 3.8) is 0 Å². The number of carboxylic acids is 1. The van der Waals surface area contributed by atoms with Gasteiger partial charge >= 0.3 is 5.97 Å². The van der Waals surface area contributed by atoms with Crippen LogP contribution in [0.1, 0.15) is 23.7 Å². The summed E-state index contributed by atoms with van der Waals surface area (Å²) in [6.45, 7) is 1.94. The van der Waals surface area contributed by atoms with Gasteiger partial charge in [-0.2, -0.15) is 0 Å². The first-order chi connectivity index (χ1) is 10.0. The van der Waals surface area contributed by atoms with Crippen LogP contribution in [0.2, 0.25) is 0 Å². The maximum Gasteiger partial charge on any atom is 0.335 e. The second-order valence-electron chi connectivity index (χ2n) is 5.52. The van der Waals surface area contributed by atoms with Crippen LogP contribution in [0.25, 0.3) is 0 Å². The Morgan fingerprint density at radius 2 is 1.86 bits per heavy atom. The molecule has 1 aromatic carbocycles. The van der Waals surface area contributed by atoms with Crippen molar-refractivity contribution in [2.24, 2.45) is 17.8 Å². The number of aromatic carboxylic acids is 1. The zero-order valence-electron chi connectivity index (χ0n) is 11.5. The van der Waals surface area contributed by atoms with E-state index in [1.54, 1.807) is 0 Å². The van der Waals surface area contributed by atoms with E-state index in [0.717, 1.165) is 0 Å². The molecule has 2 amide bonds. The largest absolute Gasteiger partial charge is 0.478 e. The van der Waals surface area contributed by atoms with Gasteiger partial charge < -0.3 is 5.11 Å². The minimum atomic E-state index is -1.04. The number of carboxylic acid groups (broad SMARTS) is 1. The van der Waals surface area contributed by atoms with Gasteiger partial charge in [0.2, 0.25) is 11.8 Å². The first kappa shape index (κ1) is 13.5. The molecule has 5 heteroatoms. The predicted molar refractivity (Wildman–Crippen MR) is 75.8 cm³/mol. The maximum absolute atomic E-state index is 12.5. The molecule has 1 saturated heterocycles. The van der Waals surface area contributed by atoms with Crippen LogP contribution in [-0.4, -0.2) is 22.9 Å². The van der Waals surface area contributed by atoms with E-state index in [-0.39, 0.29) is 35.1 Å². The third kappa shape index (κ3) is 2.05. The van der Waals surface area contributed by atoms with Gasteiger partial charge in [0, 0.05) is 0 Å². The van der Waals surface area contributed by atoms with Gasteiger partial charge in [-0.1, -0.05) is 19.1 Å². The lowest BCUT2D eigenvalue weighted by molar-refractivity contribution is -0.122. The number of hydrogen-bond acceptors (Lipinski definition) is 3. The van der Waals surface area contributed by atoms with Crippen molar-refractivity contribution in [1.82, 2.24) is 0 Å². The lowest BCUT2D eigenvalue weighted by atomic mass is 9.78. The second kappa shape index (κ2) is 4.84. The van der Waals surface area contributed by atoms with Gasteiger partial charge in [0.05, 0.1) is 23.1 Å². The van der Waals surface area contributed by atoms with Crippen molar-refractivity contribution >= 4 is 23.5 Å². The lowest BCUT2D eigenvalue weighted by Gasteiger charge is -2.22. The molecule has 0 aromatic heterocycles. The van der Waals surface area contributed by atoms with Crippen LogP contribution >= 0.6 is 0 Å². The molecule has 5 nitrogen and oxygen atoms in total. The van der Waals surface area contributed by atoms with Crippen molar-refractivity contribution in [3.05, 3.63) is 42.0 Å². The molecule has 1 aliphatic carbocycles. The molecule has 3 atom stereocenters. The zero-order chi connectivity index (χ0) is 15.1. The number of hydrogen-bond donors (Lipinski definition) is 1. The first-order valence-corrected chi connectivity index (χ1v) is 6.88. The number of carbonyl (C=O) groups is 3. The number of benzene rings is 1. The van der Waals surface area contributed by atoms with Gasteiger partial charge in [-0.15, -0.1) is 0 Å². The standard InChI is InChI=1S/C16H15NO4/c1-9-3-2-4-12-13(9)15(19)17(14(12)18)11-7-5-10(6-8-11)16(20)21/h2-3,5-9,12-13H,4H2,1H3,(H,20,21)/t9-,12+,13+/m0/s1. The Hall–Kier alpha value is -2.43. The van der Waals surface area contributed by atoms with Crippen LogP contribution < -0.4 is 4.90 Å².